The molecule has 1 aromatic heterocycles. The van der Waals surface area contributed by atoms with Gasteiger partial charge in [-0.25, -0.2) is 0 Å². The van der Waals surface area contributed by atoms with Crippen LogP contribution in [0.4, 0.5) is 0 Å². The fourth-order valence-electron chi connectivity index (χ4n) is 3.03. The highest BCUT2D eigenvalue weighted by Gasteiger charge is 2.16. The number of carbonyl (C=O) groups is 2. The standard InChI is InChI=1S/C21H21NO4/c1-15-14-19-16(10-11-23)4-3-5-20(19)22(15)21(24)17-6-8-18(9-7-17)26-13-12-25-2/h3-9,11,14H,10,12-13H2,1-2H3. The van der Waals surface area contributed by atoms with Gasteiger partial charge in [0.2, 0.25) is 0 Å². The third-order valence-corrected chi connectivity index (χ3v) is 4.28. The zero-order valence-electron chi connectivity index (χ0n) is 14.9. The van der Waals surface area contributed by atoms with Crippen molar-refractivity contribution in [3.8, 4) is 5.75 Å². The van der Waals surface area contributed by atoms with Crippen molar-refractivity contribution in [3.05, 3.63) is 65.4 Å². The van der Waals surface area contributed by atoms with E-state index in [0.29, 0.717) is 30.9 Å². The molecule has 5 heteroatoms. The average molecular weight is 351 g/mol. The van der Waals surface area contributed by atoms with Crippen LogP contribution >= 0.6 is 0 Å². The summed E-state index contributed by atoms with van der Waals surface area (Å²) in [6.07, 6.45) is 1.22. The summed E-state index contributed by atoms with van der Waals surface area (Å²) in [6, 6.07) is 14.7. The molecule has 0 unspecified atom stereocenters. The zero-order chi connectivity index (χ0) is 18.5. The number of methoxy groups -OCH3 is 1. The van der Waals surface area contributed by atoms with Gasteiger partial charge in [-0.1, -0.05) is 12.1 Å². The van der Waals surface area contributed by atoms with Crippen LogP contribution in [0.15, 0.2) is 48.5 Å². The van der Waals surface area contributed by atoms with Gasteiger partial charge in [0, 0.05) is 30.2 Å². The van der Waals surface area contributed by atoms with E-state index in [0.717, 1.165) is 28.4 Å². The highest BCUT2D eigenvalue weighted by molar-refractivity contribution is 6.03. The maximum Gasteiger partial charge on any atom is 0.262 e. The van der Waals surface area contributed by atoms with E-state index >= 15 is 0 Å². The summed E-state index contributed by atoms with van der Waals surface area (Å²) >= 11 is 0. The second-order valence-corrected chi connectivity index (χ2v) is 6.01. The van der Waals surface area contributed by atoms with Crippen LogP contribution < -0.4 is 4.74 Å². The first-order valence-corrected chi connectivity index (χ1v) is 8.45. The van der Waals surface area contributed by atoms with Crippen molar-refractivity contribution >= 4 is 23.1 Å². The number of carbonyl (C=O) groups excluding carboxylic acids is 2. The molecule has 0 fully saturated rings. The van der Waals surface area contributed by atoms with E-state index in [1.165, 1.54) is 0 Å². The number of fused-ring (bicyclic) bond motifs is 1. The average Bonchev–Trinajstić information content (AvgIpc) is 2.99. The molecule has 0 aliphatic carbocycles. The van der Waals surface area contributed by atoms with Crippen molar-refractivity contribution in [2.24, 2.45) is 0 Å². The van der Waals surface area contributed by atoms with Gasteiger partial charge in [0.25, 0.3) is 5.91 Å². The van der Waals surface area contributed by atoms with Crippen LogP contribution in [0.3, 0.4) is 0 Å². The Morgan fingerprint density at radius 3 is 2.58 bits per heavy atom. The third kappa shape index (κ3) is 3.53. The van der Waals surface area contributed by atoms with Crippen molar-refractivity contribution in [2.45, 2.75) is 13.3 Å². The molecule has 0 aliphatic heterocycles. The van der Waals surface area contributed by atoms with Gasteiger partial charge < -0.3 is 14.3 Å². The molecule has 3 rings (SSSR count). The Morgan fingerprint density at radius 1 is 1.12 bits per heavy atom. The fraction of sp³-hybridized carbons (Fsp3) is 0.238. The molecule has 0 aliphatic rings. The topological polar surface area (TPSA) is 57.5 Å². The van der Waals surface area contributed by atoms with E-state index < -0.39 is 0 Å². The Hall–Kier alpha value is -2.92. The summed E-state index contributed by atoms with van der Waals surface area (Å²) < 4.78 is 12.2. The van der Waals surface area contributed by atoms with Gasteiger partial charge in [-0.3, -0.25) is 9.36 Å². The molecule has 26 heavy (non-hydrogen) atoms. The summed E-state index contributed by atoms with van der Waals surface area (Å²) in [5, 5.41) is 0.935. The lowest BCUT2D eigenvalue weighted by Gasteiger charge is -2.09. The Kier molecular flexibility index (Phi) is 5.49. The maximum atomic E-state index is 13.0. The maximum absolute atomic E-state index is 13.0. The number of benzene rings is 2. The smallest absolute Gasteiger partial charge is 0.262 e. The lowest BCUT2D eigenvalue weighted by atomic mass is 10.1. The predicted octanol–water partition coefficient (Wildman–Crippen LogP) is 3.40. The van der Waals surface area contributed by atoms with E-state index in [1.54, 1.807) is 35.9 Å². The summed E-state index contributed by atoms with van der Waals surface area (Å²) in [5.74, 6) is 0.588. The highest BCUT2D eigenvalue weighted by atomic mass is 16.5. The number of hydrogen-bond donors (Lipinski definition) is 0. The van der Waals surface area contributed by atoms with E-state index in [9.17, 15) is 9.59 Å². The highest BCUT2D eigenvalue weighted by Crippen LogP contribution is 2.25. The van der Waals surface area contributed by atoms with Gasteiger partial charge in [-0.2, -0.15) is 0 Å². The fourth-order valence-corrected chi connectivity index (χ4v) is 3.03. The van der Waals surface area contributed by atoms with E-state index in [1.807, 2.05) is 31.2 Å². The molecule has 0 atom stereocenters. The van der Waals surface area contributed by atoms with Crippen molar-refractivity contribution in [1.29, 1.82) is 0 Å². The summed E-state index contributed by atoms with van der Waals surface area (Å²) in [7, 11) is 1.62. The molecule has 0 N–H and O–H groups in total. The zero-order valence-corrected chi connectivity index (χ0v) is 14.9. The molecular weight excluding hydrogens is 330 g/mol. The molecule has 3 aromatic rings. The Balaban J connectivity index is 1.91. The summed E-state index contributed by atoms with van der Waals surface area (Å²) in [6.45, 7) is 2.87. The van der Waals surface area contributed by atoms with Gasteiger partial charge >= 0.3 is 0 Å². The number of ether oxygens (including phenoxy) is 2. The minimum Gasteiger partial charge on any atom is -0.491 e. The molecule has 5 nitrogen and oxygen atoms in total. The van der Waals surface area contributed by atoms with Crippen molar-refractivity contribution in [3.63, 3.8) is 0 Å². The number of nitrogens with zero attached hydrogens (tertiary/aromatic N) is 1. The van der Waals surface area contributed by atoms with Gasteiger partial charge in [0.05, 0.1) is 12.1 Å². The van der Waals surface area contributed by atoms with E-state index in [-0.39, 0.29) is 5.91 Å². The van der Waals surface area contributed by atoms with Crippen molar-refractivity contribution < 1.29 is 19.1 Å². The van der Waals surface area contributed by atoms with Crippen LogP contribution in [-0.4, -0.2) is 37.1 Å². The lowest BCUT2D eigenvalue weighted by Crippen LogP contribution is -2.13. The Morgan fingerprint density at radius 2 is 1.88 bits per heavy atom. The molecule has 0 radical (unpaired) electrons. The third-order valence-electron chi connectivity index (χ3n) is 4.28. The molecule has 0 saturated carbocycles. The first-order valence-electron chi connectivity index (χ1n) is 8.45. The molecule has 1 heterocycles. The van der Waals surface area contributed by atoms with Crippen LogP contribution in [0.25, 0.3) is 10.9 Å². The van der Waals surface area contributed by atoms with Gasteiger partial charge in [-0.15, -0.1) is 0 Å². The van der Waals surface area contributed by atoms with Gasteiger partial charge in [0.1, 0.15) is 18.6 Å². The second-order valence-electron chi connectivity index (χ2n) is 6.01. The van der Waals surface area contributed by atoms with Crippen LogP contribution in [0.1, 0.15) is 21.6 Å². The van der Waals surface area contributed by atoms with Crippen molar-refractivity contribution in [2.75, 3.05) is 20.3 Å². The molecule has 2 aromatic carbocycles. The monoisotopic (exact) mass is 351 g/mol. The van der Waals surface area contributed by atoms with Crippen LogP contribution in [0.2, 0.25) is 0 Å². The molecular formula is C21H21NO4. The van der Waals surface area contributed by atoms with E-state index in [2.05, 4.69) is 0 Å². The first kappa shape index (κ1) is 17.9. The number of aldehydes is 1. The molecule has 0 bridgehead atoms. The van der Waals surface area contributed by atoms with Crippen LogP contribution in [0, 0.1) is 6.92 Å². The van der Waals surface area contributed by atoms with Crippen LogP contribution in [-0.2, 0) is 16.0 Å². The van der Waals surface area contributed by atoms with Crippen LogP contribution in [0.5, 0.6) is 5.75 Å². The number of hydrogen-bond acceptors (Lipinski definition) is 4. The van der Waals surface area contributed by atoms with Gasteiger partial charge in [-0.05, 0) is 48.9 Å². The quantitative estimate of drug-likeness (QED) is 0.483. The molecule has 0 saturated heterocycles. The SMILES string of the molecule is COCCOc1ccc(C(=O)n2c(C)cc3c(CC=O)cccc32)cc1. The van der Waals surface area contributed by atoms with Crippen molar-refractivity contribution in [1.82, 2.24) is 4.57 Å². The number of aryl methyl sites for hydroxylation is 1. The van der Waals surface area contributed by atoms with Gasteiger partial charge in [0.15, 0.2) is 0 Å². The minimum atomic E-state index is -0.107. The molecule has 0 spiro atoms. The minimum absolute atomic E-state index is 0.107. The second kappa shape index (κ2) is 7.97. The summed E-state index contributed by atoms with van der Waals surface area (Å²) in [4.78, 5) is 23.9. The number of rotatable bonds is 7. The lowest BCUT2D eigenvalue weighted by molar-refractivity contribution is -0.107. The predicted molar refractivity (Wildman–Crippen MR) is 100.0 cm³/mol. The number of aromatic nitrogens is 1. The Labute approximate surface area is 152 Å². The largest absolute Gasteiger partial charge is 0.491 e. The van der Waals surface area contributed by atoms with E-state index in [4.69, 9.17) is 9.47 Å². The molecule has 134 valence electrons. The Bertz CT molecular complexity index is 925. The molecule has 0 amide bonds. The first-order chi connectivity index (χ1) is 12.7. The summed E-state index contributed by atoms with van der Waals surface area (Å²) in [5.41, 5.74) is 3.15. The normalized spacial score (nSPS) is 10.8.